The highest BCUT2D eigenvalue weighted by molar-refractivity contribution is 7.13. The summed E-state index contributed by atoms with van der Waals surface area (Å²) in [5.41, 5.74) is 8.06. The molecule has 284 valence electrons. The first kappa shape index (κ1) is 38.4. The van der Waals surface area contributed by atoms with E-state index in [1.165, 1.54) is 36.8 Å². The molecule has 7 rings (SSSR count). The number of carbonyl (C=O) groups is 1. The van der Waals surface area contributed by atoms with E-state index < -0.39 is 0 Å². The number of hydrogen-bond acceptors (Lipinski definition) is 10. The maximum atomic E-state index is 13.3. The number of thiazole rings is 1. The van der Waals surface area contributed by atoms with Crippen molar-refractivity contribution in [1.82, 2.24) is 19.8 Å². The maximum absolute atomic E-state index is 13.3. The number of nitrogens with zero attached hydrogens (tertiary/aromatic N) is 5. The monoisotopic (exact) mass is 776 g/mol. The van der Waals surface area contributed by atoms with Crippen molar-refractivity contribution < 1.29 is 19.4 Å². The molecular formula is C43H45ClN6O4S. The van der Waals surface area contributed by atoms with Crippen LogP contribution >= 0.6 is 22.9 Å². The zero-order valence-electron chi connectivity index (χ0n) is 31.2. The molecule has 0 bridgehead atoms. The largest absolute Gasteiger partial charge is 0.488 e. The zero-order chi connectivity index (χ0) is 38.3. The molecule has 2 aliphatic rings. The van der Waals surface area contributed by atoms with Gasteiger partial charge in [0.05, 0.1) is 16.7 Å². The number of halogens is 1. The molecule has 10 nitrogen and oxygen atoms in total. The van der Waals surface area contributed by atoms with Crippen LogP contribution in [0.4, 0.5) is 5.69 Å². The molecule has 4 heterocycles. The lowest BCUT2D eigenvalue weighted by Crippen LogP contribution is -2.29. The summed E-state index contributed by atoms with van der Waals surface area (Å²) in [4.78, 5) is 27.5. The number of amides is 1. The number of benzene rings is 3. The average Bonchev–Trinajstić information content (AvgIpc) is 3.84. The third-order valence-electron chi connectivity index (χ3n) is 10.4. The van der Waals surface area contributed by atoms with Crippen molar-refractivity contribution in [3.05, 3.63) is 121 Å². The minimum atomic E-state index is -0.286. The molecule has 0 saturated carbocycles. The molecule has 2 N–H and O–H groups in total. The molecule has 3 aromatic carbocycles. The first-order chi connectivity index (χ1) is 26.7. The minimum absolute atomic E-state index is 0.244. The Morgan fingerprint density at radius 2 is 1.71 bits per heavy atom. The molecule has 0 aliphatic carbocycles. The number of piperidine rings is 1. The van der Waals surface area contributed by atoms with Gasteiger partial charge in [-0.15, -0.1) is 11.3 Å². The van der Waals surface area contributed by atoms with Gasteiger partial charge in [-0.3, -0.25) is 19.6 Å². The Balaban J connectivity index is 1.06. The molecule has 0 radical (unpaired) electrons. The number of aliphatic hydroxyl groups is 1. The number of aliphatic hydroxyl groups excluding tert-OH is 1. The number of ether oxygens (including phenoxy) is 2. The van der Waals surface area contributed by atoms with Gasteiger partial charge >= 0.3 is 0 Å². The Hall–Kier alpha value is -4.83. The Morgan fingerprint density at radius 3 is 2.49 bits per heavy atom. The Bertz CT molecular complexity index is 2200. The predicted octanol–water partition coefficient (Wildman–Crippen LogP) is 8.31. The third-order valence-corrected chi connectivity index (χ3v) is 11.6. The molecule has 12 heteroatoms. The SMILES string of the molecule is Cc1c(COc2cc(OCc3cncc(C#N)c3)c(CN3CCCCC3)cc2Cl)cccc1-c1cccc(NC(=O)c2ncc(CN3CCC(O)C3)s2)c1C. The molecule has 1 atom stereocenters. The summed E-state index contributed by atoms with van der Waals surface area (Å²) in [5, 5.41) is 23.2. The number of β-amino-alcohol motifs (C(OH)–C–C–N with tert-alkyl or cyclic N) is 1. The summed E-state index contributed by atoms with van der Waals surface area (Å²) in [6.07, 6.45) is 9.09. The summed E-state index contributed by atoms with van der Waals surface area (Å²) in [6.45, 7) is 9.60. The van der Waals surface area contributed by atoms with E-state index >= 15 is 0 Å². The fourth-order valence-electron chi connectivity index (χ4n) is 7.28. The van der Waals surface area contributed by atoms with Gasteiger partial charge in [-0.2, -0.15) is 5.26 Å². The van der Waals surface area contributed by atoms with Crippen LogP contribution < -0.4 is 14.8 Å². The standard InChI is InChI=1S/C43H45ClN6O4S/c1-28-32(27-54-41-18-40(53-26-31-16-30(19-45)20-46-21-31)33(17-38(41)44)23-49-13-4-3-5-14-49)8-6-9-36(28)37-10-7-11-39(29(37)2)48-42(52)43-47-22-35(55-43)25-50-15-12-34(51)24-50/h6-11,16-18,20-22,34,51H,3-5,12-15,23-27H2,1-2H3,(H,48,52). The molecule has 55 heavy (non-hydrogen) atoms. The molecule has 2 saturated heterocycles. The van der Waals surface area contributed by atoms with Crippen molar-refractivity contribution in [2.45, 2.75) is 71.9 Å². The molecule has 2 aromatic heterocycles. The quantitative estimate of drug-likeness (QED) is 0.122. The van der Waals surface area contributed by atoms with Crippen LogP contribution in [0.2, 0.25) is 5.02 Å². The van der Waals surface area contributed by atoms with E-state index in [1.54, 1.807) is 18.5 Å². The molecule has 5 aromatic rings. The van der Waals surface area contributed by atoms with E-state index in [0.717, 1.165) is 82.1 Å². The highest BCUT2D eigenvalue weighted by atomic mass is 35.5. The average molecular weight is 777 g/mol. The lowest BCUT2D eigenvalue weighted by Gasteiger charge is -2.27. The summed E-state index contributed by atoms with van der Waals surface area (Å²) in [6, 6.07) is 19.8. The van der Waals surface area contributed by atoms with Gasteiger partial charge in [-0.25, -0.2) is 4.98 Å². The van der Waals surface area contributed by atoms with Crippen LogP contribution in [0.15, 0.2) is 73.2 Å². The van der Waals surface area contributed by atoms with Gasteiger partial charge in [0.2, 0.25) is 0 Å². The van der Waals surface area contributed by atoms with Gasteiger partial charge in [0.25, 0.3) is 5.91 Å². The van der Waals surface area contributed by atoms with E-state index in [4.69, 9.17) is 21.1 Å². The number of hydrogen-bond donors (Lipinski definition) is 2. The Morgan fingerprint density at radius 1 is 0.927 bits per heavy atom. The fourth-order valence-corrected chi connectivity index (χ4v) is 8.37. The topological polar surface area (TPSA) is 124 Å². The van der Waals surface area contributed by atoms with E-state index in [-0.39, 0.29) is 25.2 Å². The van der Waals surface area contributed by atoms with Crippen molar-refractivity contribution in [3.8, 4) is 28.7 Å². The van der Waals surface area contributed by atoms with Gasteiger partial charge in [0.1, 0.15) is 30.8 Å². The third kappa shape index (κ3) is 9.53. The summed E-state index contributed by atoms with van der Waals surface area (Å²) in [5.74, 6) is 0.969. The van der Waals surface area contributed by atoms with Crippen LogP contribution in [0, 0.1) is 25.2 Å². The van der Waals surface area contributed by atoms with Crippen LogP contribution in [0.1, 0.15) is 73.7 Å². The molecular weight excluding hydrogens is 732 g/mol. The van der Waals surface area contributed by atoms with Gasteiger partial charge in [-0.05, 0) is 92.2 Å². The van der Waals surface area contributed by atoms with E-state index in [2.05, 4.69) is 50.2 Å². The lowest BCUT2D eigenvalue weighted by atomic mass is 9.93. The number of carbonyl (C=O) groups excluding carboxylic acids is 1. The Labute approximate surface area is 331 Å². The minimum Gasteiger partial charge on any atom is -0.488 e. The lowest BCUT2D eigenvalue weighted by molar-refractivity contribution is 0.102. The number of aromatic nitrogens is 2. The number of anilines is 1. The van der Waals surface area contributed by atoms with Crippen molar-refractivity contribution >= 4 is 34.5 Å². The number of likely N-dealkylation sites (tertiary alicyclic amines) is 2. The second-order valence-electron chi connectivity index (χ2n) is 14.3. The first-order valence-corrected chi connectivity index (χ1v) is 19.9. The van der Waals surface area contributed by atoms with Crippen LogP contribution in [-0.4, -0.2) is 63.1 Å². The Kier molecular flexibility index (Phi) is 12.4. The highest BCUT2D eigenvalue weighted by Crippen LogP contribution is 2.37. The number of rotatable bonds is 13. The first-order valence-electron chi connectivity index (χ1n) is 18.7. The van der Waals surface area contributed by atoms with Gasteiger partial charge in [0, 0.05) is 72.5 Å². The second kappa shape index (κ2) is 17.8. The summed E-state index contributed by atoms with van der Waals surface area (Å²) >= 11 is 8.27. The van der Waals surface area contributed by atoms with Crippen LogP contribution in [-0.2, 0) is 26.3 Å². The fraction of sp³-hybridized carbons (Fsp3) is 0.349. The molecule has 2 fully saturated rings. The van der Waals surface area contributed by atoms with E-state index in [1.807, 2.05) is 43.3 Å². The number of pyridine rings is 1. The van der Waals surface area contributed by atoms with Crippen LogP contribution in [0.5, 0.6) is 11.5 Å². The maximum Gasteiger partial charge on any atom is 0.284 e. The van der Waals surface area contributed by atoms with Crippen LogP contribution in [0.3, 0.4) is 0 Å². The van der Waals surface area contributed by atoms with E-state index in [0.29, 0.717) is 40.2 Å². The molecule has 2 aliphatic heterocycles. The second-order valence-corrected chi connectivity index (χ2v) is 15.9. The summed E-state index contributed by atoms with van der Waals surface area (Å²) < 4.78 is 12.8. The van der Waals surface area contributed by atoms with Crippen LogP contribution in [0.25, 0.3) is 11.1 Å². The normalized spacial score (nSPS) is 16.2. The van der Waals surface area contributed by atoms with Crippen molar-refractivity contribution in [2.24, 2.45) is 0 Å². The molecule has 0 spiro atoms. The highest BCUT2D eigenvalue weighted by Gasteiger charge is 2.22. The summed E-state index contributed by atoms with van der Waals surface area (Å²) in [7, 11) is 0. The van der Waals surface area contributed by atoms with Gasteiger partial charge in [0.15, 0.2) is 5.01 Å². The van der Waals surface area contributed by atoms with Crippen molar-refractivity contribution in [2.75, 3.05) is 31.5 Å². The molecule has 1 amide bonds. The number of nitriles is 1. The molecule has 1 unspecified atom stereocenters. The van der Waals surface area contributed by atoms with E-state index in [9.17, 15) is 15.2 Å². The predicted molar refractivity (Wildman–Crippen MR) is 216 cm³/mol. The number of nitrogens with one attached hydrogen (secondary N) is 1. The van der Waals surface area contributed by atoms with Crippen molar-refractivity contribution in [1.29, 1.82) is 5.26 Å². The van der Waals surface area contributed by atoms with Gasteiger partial charge in [-0.1, -0.05) is 48.4 Å². The zero-order valence-corrected chi connectivity index (χ0v) is 32.8. The van der Waals surface area contributed by atoms with Crippen molar-refractivity contribution in [3.63, 3.8) is 0 Å². The smallest absolute Gasteiger partial charge is 0.284 e. The van der Waals surface area contributed by atoms with Gasteiger partial charge < -0.3 is 19.9 Å².